The van der Waals surface area contributed by atoms with E-state index in [1.165, 1.54) is 22.2 Å². The molecular weight excluding hydrogens is 378 g/mol. The summed E-state index contributed by atoms with van der Waals surface area (Å²) in [4.78, 5) is 41.1. The highest BCUT2D eigenvalue weighted by molar-refractivity contribution is 7.16. The van der Waals surface area contributed by atoms with Gasteiger partial charge >= 0.3 is 6.03 Å². The van der Waals surface area contributed by atoms with Gasteiger partial charge in [-0.25, -0.2) is 9.78 Å². The zero-order chi connectivity index (χ0) is 19.5. The van der Waals surface area contributed by atoms with Gasteiger partial charge in [0.1, 0.15) is 4.83 Å². The van der Waals surface area contributed by atoms with Crippen molar-refractivity contribution in [1.82, 2.24) is 14.9 Å². The summed E-state index contributed by atoms with van der Waals surface area (Å²) in [7, 11) is 0. The van der Waals surface area contributed by atoms with Crippen molar-refractivity contribution in [2.45, 2.75) is 31.8 Å². The highest BCUT2D eigenvalue weighted by Gasteiger charge is 2.23. The van der Waals surface area contributed by atoms with Crippen molar-refractivity contribution in [2.75, 3.05) is 10.6 Å². The molecule has 0 saturated heterocycles. The van der Waals surface area contributed by atoms with Crippen molar-refractivity contribution in [3.05, 3.63) is 52.4 Å². The Bertz CT molecular complexity index is 1070. The molecule has 1 saturated carbocycles. The fourth-order valence-corrected chi connectivity index (χ4v) is 3.44. The van der Waals surface area contributed by atoms with Gasteiger partial charge < -0.3 is 16.0 Å². The SMILES string of the molecule is O=C(CCn1cnc2sccc2c1=O)Nc1ccc(NC(=O)NC2CC2)cc1. The number of nitrogens with zero attached hydrogens (tertiary/aromatic N) is 2. The van der Waals surface area contributed by atoms with Crippen molar-refractivity contribution in [2.24, 2.45) is 0 Å². The first-order valence-corrected chi connectivity index (χ1v) is 9.86. The maximum Gasteiger partial charge on any atom is 0.319 e. The molecule has 2 aromatic heterocycles. The number of carbonyl (C=O) groups excluding carboxylic acids is 2. The molecule has 0 aliphatic heterocycles. The quantitative estimate of drug-likeness (QED) is 0.595. The monoisotopic (exact) mass is 397 g/mol. The van der Waals surface area contributed by atoms with Gasteiger partial charge in [-0.15, -0.1) is 11.3 Å². The van der Waals surface area contributed by atoms with E-state index in [2.05, 4.69) is 20.9 Å². The maximum atomic E-state index is 12.3. The van der Waals surface area contributed by atoms with E-state index in [9.17, 15) is 14.4 Å². The van der Waals surface area contributed by atoms with Crippen LogP contribution in [0.15, 0.2) is 46.8 Å². The van der Waals surface area contributed by atoms with Gasteiger partial charge in [0.2, 0.25) is 5.91 Å². The van der Waals surface area contributed by atoms with Gasteiger partial charge in [0.15, 0.2) is 0 Å². The molecule has 3 aromatic rings. The number of aromatic nitrogens is 2. The number of anilines is 2. The minimum absolute atomic E-state index is 0.140. The highest BCUT2D eigenvalue weighted by Crippen LogP contribution is 2.19. The number of rotatable bonds is 6. The van der Waals surface area contributed by atoms with E-state index in [4.69, 9.17) is 0 Å². The van der Waals surface area contributed by atoms with Crippen LogP contribution in [-0.2, 0) is 11.3 Å². The number of thiophene rings is 1. The Labute approximate surface area is 164 Å². The van der Waals surface area contributed by atoms with Crippen LogP contribution in [0.5, 0.6) is 0 Å². The van der Waals surface area contributed by atoms with Crippen LogP contribution in [0, 0.1) is 0 Å². The third-order valence-electron chi connectivity index (χ3n) is 4.37. The molecule has 1 fully saturated rings. The summed E-state index contributed by atoms with van der Waals surface area (Å²) in [6, 6.07) is 8.70. The number of hydrogen-bond donors (Lipinski definition) is 3. The Balaban J connectivity index is 1.29. The van der Waals surface area contributed by atoms with Crippen LogP contribution in [0.25, 0.3) is 10.2 Å². The average Bonchev–Trinajstić information content (AvgIpc) is 3.35. The lowest BCUT2D eigenvalue weighted by Crippen LogP contribution is -2.30. The van der Waals surface area contributed by atoms with Crippen molar-refractivity contribution in [1.29, 1.82) is 0 Å². The molecule has 1 aliphatic rings. The molecule has 1 aromatic carbocycles. The van der Waals surface area contributed by atoms with Gasteiger partial charge in [-0.3, -0.25) is 14.2 Å². The summed E-state index contributed by atoms with van der Waals surface area (Å²) in [5.74, 6) is -0.204. The van der Waals surface area contributed by atoms with Gasteiger partial charge in [0, 0.05) is 30.4 Å². The second kappa shape index (κ2) is 7.81. The van der Waals surface area contributed by atoms with Crippen LogP contribution < -0.4 is 21.5 Å². The molecule has 28 heavy (non-hydrogen) atoms. The van der Waals surface area contributed by atoms with E-state index in [0.29, 0.717) is 27.6 Å². The van der Waals surface area contributed by atoms with Gasteiger partial charge in [-0.05, 0) is 48.6 Å². The molecule has 0 spiro atoms. The third kappa shape index (κ3) is 4.37. The first-order valence-electron chi connectivity index (χ1n) is 8.98. The van der Waals surface area contributed by atoms with Crippen molar-refractivity contribution < 1.29 is 9.59 Å². The predicted molar refractivity (Wildman–Crippen MR) is 109 cm³/mol. The van der Waals surface area contributed by atoms with E-state index < -0.39 is 0 Å². The Kier molecular flexibility index (Phi) is 5.07. The molecule has 144 valence electrons. The second-order valence-electron chi connectivity index (χ2n) is 6.63. The Morgan fingerprint density at radius 3 is 2.54 bits per heavy atom. The molecular formula is C19H19N5O3S. The van der Waals surface area contributed by atoms with Gasteiger partial charge in [0.25, 0.3) is 5.56 Å². The van der Waals surface area contributed by atoms with E-state index in [-0.39, 0.29) is 30.5 Å². The standard InChI is InChI=1S/C19H19N5O3S/c25-16(7-9-24-11-20-17-15(18(24)26)8-10-28-17)21-12-1-3-13(4-2-12)22-19(27)23-14-5-6-14/h1-4,8,10-11,14H,5-7,9H2,(H,21,25)(H2,22,23,27). The lowest BCUT2D eigenvalue weighted by atomic mass is 10.2. The van der Waals surface area contributed by atoms with Gasteiger partial charge in [-0.2, -0.15) is 0 Å². The van der Waals surface area contributed by atoms with E-state index in [1.807, 2.05) is 5.38 Å². The molecule has 0 atom stereocenters. The number of benzene rings is 1. The molecule has 4 rings (SSSR count). The molecule has 1 aliphatic carbocycles. The summed E-state index contributed by atoms with van der Waals surface area (Å²) < 4.78 is 1.44. The topological polar surface area (TPSA) is 105 Å². The fraction of sp³-hybridized carbons (Fsp3) is 0.263. The number of urea groups is 1. The number of nitrogens with one attached hydrogen (secondary N) is 3. The molecule has 0 bridgehead atoms. The van der Waals surface area contributed by atoms with Gasteiger partial charge in [-0.1, -0.05) is 0 Å². The zero-order valence-corrected chi connectivity index (χ0v) is 15.8. The minimum atomic E-state index is -0.221. The Morgan fingerprint density at radius 1 is 1.11 bits per heavy atom. The van der Waals surface area contributed by atoms with E-state index >= 15 is 0 Å². The molecule has 8 nitrogen and oxygen atoms in total. The Morgan fingerprint density at radius 2 is 1.82 bits per heavy atom. The van der Waals surface area contributed by atoms with Crippen LogP contribution in [0.1, 0.15) is 19.3 Å². The Hall–Kier alpha value is -3.20. The first kappa shape index (κ1) is 18.2. The van der Waals surface area contributed by atoms with Crippen molar-refractivity contribution in [3.8, 4) is 0 Å². The number of amides is 3. The lowest BCUT2D eigenvalue weighted by molar-refractivity contribution is -0.116. The average molecular weight is 397 g/mol. The fourth-order valence-electron chi connectivity index (χ4n) is 2.72. The molecule has 0 unspecified atom stereocenters. The second-order valence-corrected chi connectivity index (χ2v) is 7.53. The highest BCUT2D eigenvalue weighted by atomic mass is 32.1. The van der Waals surface area contributed by atoms with Crippen LogP contribution >= 0.6 is 11.3 Å². The smallest absolute Gasteiger partial charge is 0.319 e. The number of fused-ring (bicyclic) bond motifs is 1. The number of aryl methyl sites for hydroxylation is 1. The first-order chi connectivity index (χ1) is 13.6. The normalized spacial score (nSPS) is 13.3. The van der Waals surface area contributed by atoms with Crippen LogP contribution in [0.3, 0.4) is 0 Å². The molecule has 0 radical (unpaired) electrons. The van der Waals surface area contributed by atoms with Crippen LogP contribution in [0.4, 0.5) is 16.2 Å². The van der Waals surface area contributed by atoms with Crippen LogP contribution in [0.2, 0.25) is 0 Å². The van der Waals surface area contributed by atoms with Crippen molar-refractivity contribution in [3.63, 3.8) is 0 Å². The number of carbonyl (C=O) groups is 2. The van der Waals surface area contributed by atoms with Crippen LogP contribution in [-0.4, -0.2) is 27.5 Å². The molecule has 3 N–H and O–H groups in total. The molecule has 2 heterocycles. The molecule has 9 heteroatoms. The zero-order valence-electron chi connectivity index (χ0n) is 15.0. The van der Waals surface area contributed by atoms with Crippen molar-refractivity contribution >= 4 is 44.9 Å². The summed E-state index contributed by atoms with van der Waals surface area (Å²) in [6.07, 6.45) is 3.69. The summed E-state index contributed by atoms with van der Waals surface area (Å²) in [5.41, 5.74) is 1.13. The van der Waals surface area contributed by atoms with E-state index in [1.54, 1.807) is 30.3 Å². The van der Waals surface area contributed by atoms with Gasteiger partial charge in [0.05, 0.1) is 11.7 Å². The lowest BCUT2D eigenvalue weighted by Gasteiger charge is -2.09. The third-order valence-corrected chi connectivity index (χ3v) is 5.19. The minimum Gasteiger partial charge on any atom is -0.335 e. The largest absolute Gasteiger partial charge is 0.335 e. The molecule has 3 amide bonds. The summed E-state index contributed by atoms with van der Waals surface area (Å²) in [5, 5.41) is 10.8. The summed E-state index contributed by atoms with van der Waals surface area (Å²) >= 11 is 1.41. The maximum absolute atomic E-state index is 12.3. The number of hydrogen-bond acceptors (Lipinski definition) is 5. The van der Waals surface area contributed by atoms with E-state index in [0.717, 1.165) is 12.8 Å². The predicted octanol–water partition coefficient (Wildman–Crippen LogP) is 2.77. The summed E-state index contributed by atoms with van der Waals surface area (Å²) in [6.45, 7) is 0.254.